The van der Waals surface area contributed by atoms with Crippen LogP contribution in [-0.2, 0) is 0 Å². The lowest BCUT2D eigenvalue weighted by Crippen LogP contribution is -2.20. The van der Waals surface area contributed by atoms with Gasteiger partial charge in [0.25, 0.3) is 0 Å². The summed E-state index contributed by atoms with van der Waals surface area (Å²) in [6.07, 6.45) is 3.00. The highest BCUT2D eigenvalue weighted by Gasteiger charge is 2.31. The zero-order valence-electron chi connectivity index (χ0n) is 7.41. The predicted octanol–water partition coefficient (Wildman–Crippen LogP) is 0.272. The minimum absolute atomic E-state index is 0.205. The predicted molar refractivity (Wildman–Crippen MR) is 45.6 cm³/mol. The zero-order valence-corrected chi connectivity index (χ0v) is 7.41. The first kappa shape index (κ1) is 9.07. The lowest BCUT2D eigenvalue weighted by atomic mass is 10.2. The van der Waals surface area contributed by atoms with Crippen LogP contribution < -0.4 is 0 Å². The maximum Gasteiger partial charge on any atom is 0.410 e. The van der Waals surface area contributed by atoms with Gasteiger partial charge in [-0.15, -0.1) is 5.10 Å². The van der Waals surface area contributed by atoms with Crippen LogP contribution in [0.4, 0.5) is 5.82 Å². The summed E-state index contributed by atoms with van der Waals surface area (Å²) in [5.74, 6) is -0.274. The van der Waals surface area contributed by atoms with Crippen LogP contribution in [-0.4, -0.2) is 31.1 Å². The monoisotopic (exact) mass is 198 g/mol. The Hall–Kier alpha value is -1.50. The Labute approximate surface area is 79.5 Å². The van der Waals surface area contributed by atoms with E-state index < -0.39 is 11.0 Å². The Balaban J connectivity index is 2.20. The first-order valence-electron chi connectivity index (χ1n) is 4.43. The summed E-state index contributed by atoms with van der Waals surface area (Å²) in [5, 5.41) is 27.3. The molecule has 1 aromatic rings. The number of aliphatic hydroxyl groups is 1. The average molecular weight is 198 g/mol. The zero-order chi connectivity index (χ0) is 10.1. The van der Waals surface area contributed by atoms with Gasteiger partial charge in [-0.25, -0.2) is 0 Å². The van der Waals surface area contributed by atoms with Crippen LogP contribution in [0.15, 0.2) is 6.20 Å². The van der Waals surface area contributed by atoms with E-state index in [1.807, 2.05) is 0 Å². The highest BCUT2D eigenvalue weighted by molar-refractivity contribution is 5.08. The Morgan fingerprint density at radius 3 is 2.93 bits per heavy atom. The molecule has 0 aliphatic heterocycles. The molecule has 1 aromatic heterocycles. The molecule has 1 saturated carbocycles. The second-order valence-electron chi connectivity index (χ2n) is 3.35. The molecule has 0 aromatic carbocycles. The van der Waals surface area contributed by atoms with Crippen molar-refractivity contribution in [3.8, 4) is 0 Å². The number of aromatic nitrogens is 3. The van der Waals surface area contributed by atoms with Crippen LogP contribution in [0.5, 0.6) is 0 Å². The molecule has 14 heavy (non-hydrogen) atoms. The Kier molecular flexibility index (Phi) is 2.16. The van der Waals surface area contributed by atoms with Crippen molar-refractivity contribution in [3.05, 3.63) is 16.3 Å². The van der Waals surface area contributed by atoms with Crippen molar-refractivity contribution in [2.45, 2.75) is 31.4 Å². The molecule has 2 atom stereocenters. The Bertz CT molecular complexity index is 350. The molecule has 1 aliphatic carbocycles. The van der Waals surface area contributed by atoms with Crippen LogP contribution in [0.2, 0.25) is 0 Å². The molecule has 1 N–H and O–H groups in total. The van der Waals surface area contributed by atoms with Crippen molar-refractivity contribution in [1.82, 2.24) is 15.0 Å². The van der Waals surface area contributed by atoms with Crippen molar-refractivity contribution >= 4 is 5.82 Å². The van der Waals surface area contributed by atoms with Gasteiger partial charge in [-0.3, -0.25) is 0 Å². The quantitative estimate of drug-likeness (QED) is 0.543. The third-order valence-electron chi connectivity index (χ3n) is 2.42. The fourth-order valence-electron chi connectivity index (χ4n) is 1.70. The molecule has 7 nitrogen and oxygen atoms in total. The summed E-state index contributed by atoms with van der Waals surface area (Å²) in [7, 11) is 0. The number of aliphatic hydroxyl groups excluding tert-OH is 1. The van der Waals surface area contributed by atoms with Gasteiger partial charge in [-0.1, -0.05) is 4.80 Å². The minimum atomic E-state index is -0.592. The summed E-state index contributed by atoms with van der Waals surface area (Å²) in [4.78, 5) is 11.0. The molecule has 2 unspecified atom stereocenters. The second-order valence-corrected chi connectivity index (χ2v) is 3.35. The maximum absolute atomic E-state index is 10.3. The molecule has 1 heterocycles. The van der Waals surface area contributed by atoms with Gasteiger partial charge in [0.1, 0.15) is 6.04 Å². The normalized spacial score (nSPS) is 26.6. The van der Waals surface area contributed by atoms with Gasteiger partial charge in [0, 0.05) is 0 Å². The average Bonchev–Trinajstić information content (AvgIpc) is 2.71. The van der Waals surface area contributed by atoms with Crippen molar-refractivity contribution < 1.29 is 10.0 Å². The molecule has 0 saturated heterocycles. The highest BCUT2D eigenvalue weighted by Crippen LogP contribution is 2.29. The fourth-order valence-corrected chi connectivity index (χ4v) is 1.70. The summed E-state index contributed by atoms with van der Waals surface area (Å²) in [5.41, 5.74) is 0. The smallest absolute Gasteiger partial charge is 0.391 e. The van der Waals surface area contributed by atoms with E-state index in [1.165, 1.54) is 4.80 Å². The molecule has 1 aliphatic rings. The molecule has 1 fully saturated rings. The van der Waals surface area contributed by atoms with E-state index in [0.717, 1.165) is 19.0 Å². The third kappa shape index (κ3) is 1.46. The van der Waals surface area contributed by atoms with Crippen LogP contribution >= 0.6 is 0 Å². The van der Waals surface area contributed by atoms with Gasteiger partial charge in [0.2, 0.25) is 0 Å². The van der Waals surface area contributed by atoms with Gasteiger partial charge in [-0.05, 0) is 24.2 Å². The van der Waals surface area contributed by atoms with Gasteiger partial charge >= 0.3 is 5.82 Å². The topological polar surface area (TPSA) is 94.1 Å². The van der Waals surface area contributed by atoms with Crippen molar-refractivity contribution in [2.75, 3.05) is 0 Å². The second kappa shape index (κ2) is 3.33. The van der Waals surface area contributed by atoms with Crippen LogP contribution in [0.3, 0.4) is 0 Å². The lowest BCUT2D eigenvalue weighted by Gasteiger charge is -2.08. The Morgan fingerprint density at radius 1 is 1.64 bits per heavy atom. The van der Waals surface area contributed by atoms with Gasteiger partial charge in [0.15, 0.2) is 6.20 Å². The third-order valence-corrected chi connectivity index (χ3v) is 2.42. The van der Waals surface area contributed by atoms with E-state index in [-0.39, 0.29) is 11.9 Å². The SMILES string of the molecule is O=[N+]([O-])c1cnn(C2CCCC2O)n1. The van der Waals surface area contributed by atoms with Crippen LogP contribution in [0, 0.1) is 10.1 Å². The fraction of sp³-hybridized carbons (Fsp3) is 0.714. The van der Waals surface area contributed by atoms with E-state index in [1.54, 1.807) is 0 Å². The number of hydrogen-bond acceptors (Lipinski definition) is 5. The number of rotatable bonds is 2. The van der Waals surface area contributed by atoms with E-state index in [2.05, 4.69) is 10.2 Å². The minimum Gasteiger partial charge on any atom is -0.391 e. The van der Waals surface area contributed by atoms with Crippen molar-refractivity contribution in [1.29, 1.82) is 0 Å². The molecule has 0 spiro atoms. The lowest BCUT2D eigenvalue weighted by molar-refractivity contribution is -0.389. The van der Waals surface area contributed by atoms with Crippen molar-refractivity contribution in [3.63, 3.8) is 0 Å². The largest absolute Gasteiger partial charge is 0.410 e. The van der Waals surface area contributed by atoms with E-state index in [9.17, 15) is 15.2 Å². The number of nitrogens with zero attached hydrogens (tertiary/aromatic N) is 4. The summed E-state index contributed by atoms with van der Waals surface area (Å²) in [6, 6.07) is -0.205. The molecule has 2 rings (SSSR count). The summed E-state index contributed by atoms with van der Waals surface area (Å²) < 4.78 is 0. The molecule has 0 amide bonds. The van der Waals surface area contributed by atoms with Gasteiger partial charge in [0.05, 0.1) is 11.2 Å². The highest BCUT2D eigenvalue weighted by atomic mass is 16.6. The number of hydrogen-bond donors (Lipinski definition) is 1. The van der Waals surface area contributed by atoms with Crippen LogP contribution in [0.1, 0.15) is 25.3 Å². The van der Waals surface area contributed by atoms with E-state index >= 15 is 0 Å². The standard InChI is InChI=1S/C7H10N4O3/c12-6-3-1-2-5(6)10-8-4-7(9-10)11(13)14/h4-6,12H,1-3H2. The molecule has 0 bridgehead atoms. The molecular formula is C7H10N4O3. The summed E-state index contributed by atoms with van der Waals surface area (Å²) in [6.45, 7) is 0. The first-order valence-corrected chi connectivity index (χ1v) is 4.43. The maximum atomic E-state index is 10.3. The Morgan fingerprint density at radius 2 is 2.43 bits per heavy atom. The van der Waals surface area contributed by atoms with Gasteiger partial charge in [-0.2, -0.15) is 0 Å². The van der Waals surface area contributed by atoms with Crippen LogP contribution in [0.25, 0.3) is 0 Å². The molecule has 0 radical (unpaired) electrons. The van der Waals surface area contributed by atoms with Gasteiger partial charge < -0.3 is 15.2 Å². The summed E-state index contributed by atoms with van der Waals surface area (Å²) >= 11 is 0. The number of nitro groups is 1. The van der Waals surface area contributed by atoms with Crippen molar-refractivity contribution in [2.24, 2.45) is 0 Å². The molecule has 7 heteroatoms. The molecular weight excluding hydrogens is 188 g/mol. The van der Waals surface area contributed by atoms with E-state index in [4.69, 9.17) is 0 Å². The van der Waals surface area contributed by atoms with E-state index in [0.29, 0.717) is 6.42 Å². The first-order chi connectivity index (χ1) is 6.68. The molecule has 76 valence electrons.